The van der Waals surface area contributed by atoms with Crippen LogP contribution in [0.1, 0.15) is 63.6 Å². The number of fused-ring (bicyclic) bond motifs is 2. The van der Waals surface area contributed by atoms with Gasteiger partial charge in [0, 0.05) is 56.2 Å². The van der Waals surface area contributed by atoms with Gasteiger partial charge in [0.1, 0.15) is 11.3 Å². The van der Waals surface area contributed by atoms with Crippen molar-refractivity contribution in [2.45, 2.75) is 39.0 Å². The monoisotopic (exact) mass is 597 g/mol. The summed E-state index contributed by atoms with van der Waals surface area (Å²) < 4.78 is 8.14. The maximum atomic E-state index is 12.4. The van der Waals surface area contributed by atoms with Crippen molar-refractivity contribution in [2.75, 3.05) is 37.7 Å². The van der Waals surface area contributed by atoms with Crippen LogP contribution in [0.5, 0.6) is 0 Å². The lowest BCUT2D eigenvalue weighted by Crippen LogP contribution is -2.36. The number of carbonyl (C=O) groups excluding carboxylic acids is 2. The van der Waals surface area contributed by atoms with E-state index in [1.54, 1.807) is 19.0 Å². The summed E-state index contributed by atoms with van der Waals surface area (Å²) in [7, 11) is 3.63. The molecule has 1 aliphatic carbocycles. The molecule has 1 saturated heterocycles. The molecule has 4 aromatic rings. The zero-order valence-electron chi connectivity index (χ0n) is 25.3. The number of furan rings is 1. The van der Waals surface area contributed by atoms with Crippen molar-refractivity contribution >= 4 is 46.5 Å². The second kappa shape index (κ2) is 14.7. The van der Waals surface area contributed by atoms with E-state index in [9.17, 15) is 9.59 Å². The highest BCUT2D eigenvalue weighted by atomic mass is 32.2. The molecule has 0 unspecified atom stereocenters. The minimum Gasteiger partial charge on any atom is -0.455 e. The molecule has 224 valence electrons. The van der Waals surface area contributed by atoms with E-state index >= 15 is 0 Å². The van der Waals surface area contributed by atoms with Crippen LogP contribution in [0.4, 0.5) is 5.69 Å². The van der Waals surface area contributed by atoms with Gasteiger partial charge < -0.3 is 23.9 Å². The van der Waals surface area contributed by atoms with Crippen molar-refractivity contribution in [2.24, 2.45) is 0 Å². The third kappa shape index (κ3) is 7.15. The Labute approximate surface area is 258 Å². The summed E-state index contributed by atoms with van der Waals surface area (Å²) in [6.45, 7) is 3.78. The summed E-state index contributed by atoms with van der Waals surface area (Å²) in [5.74, 6) is 1.04. The minimum atomic E-state index is -0.143. The largest absolute Gasteiger partial charge is 0.455 e. The number of amides is 2. The van der Waals surface area contributed by atoms with Gasteiger partial charge in [-0.05, 0) is 57.2 Å². The van der Waals surface area contributed by atoms with Crippen LogP contribution >= 0.6 is 11.9 Å². The number of imidazole rings is 1. The highest BCUT2D eigenvalue weighted by Crippen LogP contribution is 2.36. The summed E-state index contributed by atoms with van der Waals surface area (Å²) in [6, 6.07) is 13.9. The maximum Gasteiger partial charge on any atom is 0.289 e. The first-order valence-electron chi connectivity index (χ1n) is 14.4. The fourth-order valence-electron chi connectivity index (χ4n) is 5.17. The first-order valence-corrected chi connectivity index (χ1v) is 15.6. The van der Waals surface area contributed by atoms with Crippen molar-refractivity contribution in [1.82, 2.24) is 20.2 Å². The molecule has 2 amide bonds. The van der Waals surface area contributed by atoms with Crippen molar-refractivity contribution in [1.29, 1.82) is 0 Å². The van der Waals surface area contributed by atoms with Gasteiger partial charge in [-0.1, -0.05) is 47.9 Å². The van der Waals surface area contributed by atoms with Crippen LogP contribution in [-0.4, -0.2) is 60.1 Å². The van der Waals surface area contributed by atoms with Gasteiger partial charge in [-0.2, -0.15) is 0 Å². The second-order valence-electron chi connectivity index (χ2n) is 10.4. The zero-order valence-corrected chi connectivity index (χ0v) is 26.1. The molecule has 0 saturated carbocycles. The van der Waals surface area contributed by atoms with Crippen molar-refractivity contribution < 1.29 is 14.0 Å². The smallest absolute Gasteiger partial charge is 0.289 e. The number of H-pyrrole nitrogens is 1. The summed E-state index contributed by atoms with van der Waals surface area (Å²) in [6.07, 6.45) is 19.6. The van der Waals surface area contributed by atoms with Gasteiger partial charge in [-0.3, -0.25) is 9.59 Å². The molecular formula is C34H39N5O3S. The molecular weight excluding hydrogens is 558 g/mol. The van der Waals surface area contributed by atoms with E-state index in [0.717, 1.165) is 66.8 Å². The van der Waals surface area contributed by atoms with E-state index in [0.29, 0.717) is 22.7 Å². The van der Waals surface area contributed by atoms with Crippen LogP contribution in [0.25, 0.3) is 28.4 Å². The van der Waals surface area contributed by atoms with E-state index in [1.165, 1.54) is 12.0 Å². The fraction of sp³-hybridized carbons (Fsp3) is 0.324. The Morgan fingerprint density at radius 2 is 1.81 bits per heavy atom. The molecule has 0 spiro atoms. The molecule has 0 radical (unpaired) electrons. The number of hydrogen-bond acceptors (Lipinski definition) is 6. The van der Waals surface area contributed by atoms with E-state index < -0.39 is 0 Å². The van der Waals surface area contributed by atoms with Gasteiger partial charge >= 0.3 is 0 Å². The molecule has 0 bridgehead atoms. The zero-order chi connectivity index (χ0) is 30.9. The van der Waals surface area contributed by atoms with Crippen molar-refractivity contribution in [3.05, 3.63) is 76.9 Å². The standard InChI is InChI=1S/C19H20N2O2S.C13H17N3O.C2H2/c1-12-5-7-13(8-6-12)18-17(19(22)20-2)15-10-9-14(21(3)24-4)11-16(15)23-18;17-13(16-8-4-1-5-9-16)12-14-10-6-2-3-7-11(10)15-12;1-2/h5-11H,1-4H3,(H,20,22);2,6H,1,3-5,7-9H2,(H,14,15);1-2H. The van der Waals surface area contributed by atoms with Crippen LogP contribution in [0, 0.1) is 19.8 Å². The Bertz CT molecular complexity index is 1610. The van der Waals surface area contributed by atoms with Gasteiger partial charge in [0.05, 0.1) is 16.9 Å². The number of piperidine rings is 1. The lowest BCUT2D eigenvalue weighted by atomic mass is 10.0. The van der Waals surface area contributed by atoms with E-state index in [-0.39, 0.29) is 11.8 Å². The minimum absolute atomic E-state index is 0.0625. The van der Waals surface area contributed by atoms with Crippen LogP contribution in [-0.2, 0) is 6.42 Å². The van der Waals surface area contributed by atoms with Gasteiger partial charge in [-0.15, -0.1) is 12.8 Å². The maximum absolute atomic E-state index is 12.4. The normalized spacial score (nSPS) is 13.7. The number of hydrogen-bond donors (Lipinski definition) is 2. The van der Waals surface area contributed by atoms with E-state index in [1.807, 2.05) is 78.0 Å². The molecule has 0 atom stereocenters. The van der Waals surface area contributed by atoms with Crippen LogP contribution in [0.2, 0.25) is 0 Å². The van der Waals surface area contributed by atoms with Crippen LogP contribution < -0.4 is 9.62 Å². The number of anilines is 1. The topological polar surface area (TPSA) is 94.5 Å². The molecule has 2 N–H and O–H groups in total. The van der Waals surface area contributed by atoms with Gasteiger partial charge in [0.2, 0.25) is 0 Å². The molecule has 6 rings (SSSR count). The number of terminal acetylenes is 1. The average Bonchev–Trinajstić information content (AvgIpc) is 3.67. The molecule has 2 aliphatic rings. The fourth-order valence-corrected chi connectivity index (χ4v) is 5.49. The number of nitrogens with zero attached hydrogens (tertiary/aromatic N) is 3. The average molecular weight is 598 g/mol. The van der Waals surface area contributed by atoms with Gasteiger partial charge in [0.15, 0.2) is 5.82 Å². The number of carbonyl (C=O) groups is 2. The Hall–Kier alpha value is -4.42. The number of aromatic nitrogens is 2. The molecule has 3 heterocycles. The van der Waals surface area contributed by atoms with E-state index in [4.69, 9.17) is 4.42 Å². The number of rotatable bonds is 5. The van der Waals surface area contributed by atoms with Gasteiger partial charge in [0.25, 0.3) is 11.8 Å². The lowest BCUT2D eigenvalue weighted by molar-refractivity contribution is 0.0712. The Morgan fingerprint density at radius 3 is 2.47 bits per heavy atom. The highest BCUT2D eigenvalue weighted by Gasteiger charge is 2.23. The summed E-state index contributed by atoms with van der Waals surface area (Å²) in [4.78, 5) is 34.1. The molecule has 1 fully saturated rings. The summed E-state index contributed by atoms with van der Waals surface area (Å²) >= 11 is 1.62. The van der Waals surface area contributed by atoms with Crippen molar-refractivity contribution in [3.63, 3.8) is 0 Å². The molecule has 43 heavy (non-hydrogen) atoms. The number of nitrogens with one attached hydrogen (secondary N) is 2. The number of likely N-dealkylation sites (tertiary alicyclic amines) is 1. The quantitative estimate of drug-likeness (QED) is 0.196. The SMILES string of the molecule is C#C.CNC(=O)c1c(-c2ccc(C)cc2)oc2cc(N(C)SC)ccc12.O=C(c1nc2c([nH]1)CCC=C2)N1CCCCC1. The van der Waals surface area contributed by atoms with Crippen LogP contribution in [0.3, 0.4) is 0 Å². The van der Waals surface area contributed by atoms with Crippen LogP contribution in [0.15, 0.2) is 53.0 Å². The summed E-state index contributed by atoms with van der Waals surface area (Å²) in [5, 5.41) is 3.54. The Morgan fingerprint density at radius 1 is 1.09 bits per heavy atom. The third-order valence-electron chi connectivity index (χ3n) is 7.57. The predicted molar refractivity (Wildman–Crippen MR) is 177 cm³/mol. The Balaban J connectivity index is 0.000000195. The molecule has 9 heteroatoms. The molecule has 2 aromatic carbocycles. The van der Waals surface area contributed by atoms with Crippen molar-refractivity contribution in [3.8, 4) is 24.2 Å². The Kier molecular flexibility index (Phi) is 10.7. The molecule has 1 aliphatic heterocycles. The van der Waals surface area contributed by atoms with E-state index in [2.05, 4.69) is 34.2 Å². The summed E-state index contributed by atoms with van der Waals surface area (Å²) in [5.41, 5.74) is 6.43. The third-order valence-corrected chi connectivity index (χ3v) is 8.33. The number of allylic oxidation sites excluding steroid dienone is 1. The second-order valence-corrected chi connectivity index (χ2v) is 11.3. The number of aryl methyl sites for hydroxylation is 2. The number of benzene rings is 2. The highest BCUT2D eigenvalue weighted by molar-refractivity contribution is 7.99. The first kappa shape index (κ1) is 31.5. The number of aromatic amines is 1. The molecule has 2 aromatic heterocycles. The lowest BCUT2D eigenvalue weighted by Gasteiger charge is -2.25. The molecule has 8 nitrogen and oxygen atoms in total. The first-order chi connectivity index (χ1) is 20.9. The predicted octanol–water partition coefficient (Wildman–Crippen LogP) is 6.73. The van der Waals surface area contributed by atoms with Gasteiger partial charge in [-0.25, -0.2) is 4.98 Å².